The number of anilines is 1. The summed E-state index contributed by atoms with van der Waals surface area (Å²) in [4.78, 5) is 12.5. The molecule has 1 saturated heterocycles. The van der Waals surface area contributed by atoms with Gasteiger partial charge in [0.2, 0.25) is 10.0 Å². The number of hydrogen-bond acceptors (Lipinski definition) is 4. The highest BCUT2D eigenvalue weighted by atomic mass is 32.2. The molecule has 3 aromatic carbocycles. The summed E-state index contributed by atoms with van der Waals surface area (Å²) in [6, 6.07) is 16.0. The van der Waals surface area contributed by atoms with Crippen molar-refractivity contribution in [3.05, 3.63) is 95.3 Å². The Kier molecular flexibility index (Phi) is 7.25. The van der Waals surface area contributed by atoms with Gasteiger partial charge in [-0.15, -0.1) is 0 Å². The number of halogens is 3. The van der Waals surface area contributed by atoms with Crippen LogP contribution in [0.3, 0.4) is 0 Å². The average Bonchev–Trinajstić information content (AvgIpc) is 2.84. The Morgan fingerprint density at radius 3 is 2.37 bits per heavy atom. The molecule has 0 aromatic heterocycles. The van der Waals surface area contributed by atoms with E-state index in [1.165, 1.54) is 22.5 Å². The SMILES string of the molecule is O=C(Nc1cc(F)c(F)c(F)c1)c1cccc(S(=O)(=O)N2CCC(O)C(Cc3ccccc3)C2)c1. The Morgan fingerprint density at radius 2 is 1.69 bits per heavy atom. The van der Waals surface area contributed by atoms with Gasteiger partial charge in [-0.2, -0.15) is 4.31 Å². The van der Waals surface area contributed by atoms with Gasteiger partial charge < -0.3 is 10.4 Å². The minimum absolute atomic E-state index is 0.0610. The van der Waals surface area contributed by atoms with Crippen molar-refractivity contribution in [3.8, 4) is 0 Å². The molecule has 2 N–H and O–H groups in total. The molecular formula is C25H23F3N2O4S. The molecule has 0 spiro atoms. The minimum Gasteiger partial charge on any atom is -0.393 e. The van der Waals surface area contributed by atoms with Gasteiger partial charge in [0.25, 0.3) is 5.91 Å². The Labute approximate surface area is 201 Å². The number of nitrogens with zero attached hydrogens (tertiary/aromatic N) is 1. The summed E-state index contributed by atoms with van der Waals surface area (Å²) in [5.74, 6) is -5.70. The number of rotatable bonds is 6. The topological polar surface area (TPSA) is 86.7 Å². The summed E-state index contributed by atoms with van der Waals surface area (Å²) in [7, 11) is -3.99. The molecule has 1 aliphatic rings. The zero-order chi connectivity index (χ0) is 25.2. The Hall–Kier alpha value is -3.21. The van der Waals surface area contributed by atoms with Crippen molar-refractivity contribution in [1.82, 2.24) is 4.31 Å². The molecule has 3 aromatic rings. The van der Waals surface area contributed by atoms with Gasteiger partial charge in [-0.3, -0.25) is 4.79 Å². The molecule has 2 unspecified atom stereocenters. The van der Waals surface area contributed by atoms with Crippen LogP contribution in [0.1, 0.15) is 22.3 Å². The fourth-order valence-corrected chi connectivity index (χ4v) is 5.66. The quantitative estimate of drug-likeness (QED) is 0.498. The summed E-state index contributed by atoms with van der Waals surface area (Å²) >= 11 is 0. The Bertz CT molecular complexity index is 1310. The van der Waals surface area contributed by atoms with Crippen LogP contribution in [-0.4, -0.2) is 42.9 Å². The molecular weight excluding hydrogens is 481 g/mol. The van der Waals surface area contributed by atoms with Crippen LogP contribution in [0.25, 0.3) is 0 Å². The number of carbonyl (C=O) groups is 1. The van der Waals surface area contributed by atoms with Crippen LogP contribution in [0.2, 0.25) is 0 Å². The maximum Gasteiger partial charge on any atom is 0.255 e. The van der Waals surface area contributed by atoms with Crippen molar-refractivity contribution in [2.45, 2.75) is 23.8 Å². The van der Waals surface area contributed by atoms with E-state index in [1.54, 1.807) is 0 Å². The molecule has 10 heteroatoms. The largest absolute Gasteiger partial charge is 0.393 e. The summed E-state index contributed by atoms with van der Waals surface area (Å²) in [6.07, 6.45) is 0.148. The maximum atomic E-state index is 13.4. The molecule has 4 rings (SSSR count). The first-order chi connectivity index (χ1) is 16.6. The number of benzene rings is 3. The third-order valence-corrected chi connectivity index (χ3v) is 7.83. The summed E-state index contributed by atoms with van der Waals surface area (Å²) in [5, 5.41) is 12.7. The average molecular weight is 505 g/mol. The molecule has 0 aliphatic carbocycles. The van der Waals surface area contributed by atoms with Crippen molar-refractivity contribution in [2.24, 2.45) is 5.92 Å². The van der Waals surface area contributed by atoms with Crippen LogP contribution in [0.4, 0.5) is 18.9 Å². The molecule has 0 saturated carbocycles. The number of sulfonamides is 1. The van der Waals surface area contributed by atoms with Crippen LogP contribution in [-0.2, 0) is 16.4 Å². The fraction of sp³-hybridized carbons (Fsp3) is 0.240. The van der Waals surface area contributed by atoms with Crippen LogP contribution in [0.5, 0.6) is 0 Å². The predicted octanol–water partition coefficient (Wildman–Crippen LogP) is 3.97. The summed E-state index contributed by atoms with van der Waals surface area (Å²) in [5.41, 5.74) is 0.616. The van der Waals surface area contributed by atoms with Crippen molar-refractivity contribution < 1.29 is 31.5 Å². The van der Waals surface area contributed by atoms with Crippen molar-refractivity contribution in [1.29, 1.82) is 0 Å². The van der Waals surface area contributed by atoms with Gasteiger partial charge in [0, 0.05) is 42.4 Å². The van der Waals surface area contributed by atoms with E-state index in [2.05, 4.69) is 5.32 Å². The zero-order valence-electron chi connectivity index (χ0n) is 18.5. The zero-order valence-corrected chi connectivity index (χ0v) is 19.3. The second-order valence-corrected chi connectivity index (χ2v) is 10.3. The van der Waals surface area contributed by atoms with Crippen molar-refractivity contribution in [2.75, 3.05) is 18.4 Å². The Morgan fingerprint density at radius 1 is 1.00 bits per heavy atom. The van der Waals surface area contributed by atoms with E-state index in [1.807, 2.05) is 30.3 Å². The second kappa shape index (κ2) is 10.2. The van der Waals surface area contributed by atoms with E-state index in [4.69, 9.17) is 0 Å². The highest BCUT2D eigenvalue weighted by Crippen LogP contribution is 2.27. The third kappa shape index (κ3) is 5.55. The number of aliphatic hydroxyl groups is 1. The van der Waals surface area contributed by atoms with Crippen LogP contribution in [0, 0.1) is 23.4 Å². The fourth-order valence-electron chi connectivity index (χ4n) is 4.10. The summed E-state index contributed by atoms with van der Waals surface area (Å²) < 4.78 is 68.0. The highest BCUT2D eigenvalue weighted by Gasteiger charge is 2.35. The first-order valence-electron chi connectivity index (χ1n) is 10.9. The molecule has 35 heavy (non-hydrogen) atoms. The molecule has 2 atom stereocenters. The van der Waals surface area contributed by atoms with E-state index in [-0.39, 0.29) is 41.6 Å². The monoisotopic (exact) mass is 504 g/mol. The molecule has 0 radical (unpaired) electrons. The smallest absolute Gasteiger partial charge is 0.255 e. The predicted molar refractivity (Wildman–Crippen MR) is 124 cm³/mol. The Balaban J connectivity index is 1.52. The van der Waals surface area contributed by atoms with E-state index in [0.717, 1.165) is 11.6 Å². The molecule has 184 valence electrons. The van der Waals surface area contributed by atoms with E-state index >= 15 is 0 Å². The van der Waals surface area contributed by atoms with Crippen LogP contribution >= 0.6 is 0 Å². The third-order valence-electron chi connectivity index (χ3n) is 5.97. The van der Waals surface area contributed by atoms with E-state index < -0.39 is 39.5 Å². The van der Waals surface area contributed by atoms with Crippen LogP contribution in [0.15, 0.2) is 71.6 Å². The lowest BCUT2D eigenvalue weighted by molar-refractivity contribution is 0.0540. The number of aliphatic hydroxyl groups excluding tert-OH is 1. The first kappa shape index (κ1) is 24.9. The second-order valence-electron chi connectivity index (χ2n) is 8.40. The van der Waals surface area contributed by atoms with Gasteiger partial charge in [0.1, 0.15) is 0 Å². The molecule has 1 fully saturated rings. The van der Waals surface area contributed by atoms with Crippen LogP contribution < -0.4 is 5.32 Å². The van der Waals surface area contributed by atoms with Crippen molar-refractivity contribution in [3.63, 3.8) is 0 Å². The number of carbonyl (C=O) groups excluding carboxylic acids is 1. The standard InChI is InChI=1S/C25H23F3N2O4S/c26-21-13-19(14-22(27)24(21)28)29-25(32)17-7-4-8-20(12-17)35(33,34)30-10-9-23(31)18(15-30)11-16-5-2-1-3-6-16/h1-8,12-14,18,23,31H,9-11,15H2,(H,29,32). The molecule has 6 nitrogen and oxygen atoms in total. The van der Waals surface area contributed by atoms with Gasteiger partial charge in [-0.1, -0.05) is 36.4 Å². The summed E-state index contributed by atoms with van der Waals surface area (Å²) in [6.45, 7) is 0.238. The lowest BCUT2D eigenvalue weighted by atomic mass is 9.90. The van der Waals surface area contributed by atoms with Gasteiger partial charge in [-0.05, 0) is 36.6 Å². The normalized spacial score (nSPS) is 18.9. The van der Waals surface area contributed by atoms with Gasteiger partial charge in [-0.25, -0.2) is 21.6 Å². The number of amides is 1. The van der Waals surface area contributed by atoms with E-state index in [0.29, 0.717) is 18.6 Å². The lowest BCUT2D eigenvalue weighted by Crippen LogP contribution is -2.46. The number of piperidine rings is 1. The lowest BCUT2D eigenvalue weighted by Gasteiger charge is -2.35. The molecule has 1 aliphatic heterocycles. The van der Waals surface area contributed by atoms with E-state index in [9.17, 15) is 31.5 Å². The van der Waals surface area contributed by atoms with Gasteiger partial charge >= 0.3 is 0 Å². The van der Waals surface area contributed by atoms with Gasteiger partial charge in [0.15, 0.2) is 17.5 Å². The van der Waals surface area contributed by atoms with Gasteiger partial charge in [0.05, 0.1) is 11.0 Å². The molecule has 1 amide bonds. The highest BCUT2D eigenvalue weighted by molar-refractivity contribution is 7.89. The minimum atomic E-state index is -3.99. The van der Waals surface area contributed by atoms with Crippen molar-refractivity contribution >= 4 is 21.6 Å². The molecule has 0 bridgehead atoms. The molecule has 1 heterocycles. The number of nitrogens with one attached hydrogen (secondary N) is 1. The maximum absolute atomic E-state index is 13.4. The first-order valence-corrected chi connectivity index (χ1v) is 12.4. The number of hydrogen-bond donors (Lipinski definition) is 2.